The highest BCUT2D eigenvalue weighted by atomic mass is 16.6. The van der Waals surface area contributed by atoms with Crippen LogP contribution in [0.5, 0.6) is 5.75 Å². The molecule has 0 atom stereocenters. The van der Waals surface area contributed by atoms with Gasteiger partial charge in [-0.2, -0.15) is 0 Å². The number of nitrogens with zero attached hydrogens (tertiary/aromatic N) is 5. The molecule has 0 aliphatic carbocycles. The summed E-state index contributed by atoms with van der Waals surface area (Å²) in [7, 11) is 1.43. The molecule has 8 nitrogen and oxygen atoms in total. The molecule has 0 aliphatic rings. The first-order chi connectivity index (χ1) is 7.70. The minimum absolute atomic E-state index is 0.0788. The third-order valence-corrected chi connectivity index (χ3v) is 1.94. The van der Waals surface area contributed by atoms with E-state index in [1.165, 1.54) is 30.3 Å². The van der Waals surface area contributed by atoms with Crippen molar-refractivity contribution in [3.8, 4) is 11.4 Å². The summed E-state index contributed by atoms with van der Waals surface area (Å²) in [6.45, 7) is 0. The lowest BCUT2D eigenvalue weighted by Gasteiger charge is -2.03. The lowest BCUT2D eigenvalue weighted by atomic mass is 10.2. The van der Waals surface area contributed by atoms with Gasteiger partial charge >= 0.3 is 0 Å². The number of non-ortho nitro benzene ring substituents is 1. The average molecular weight is 221 g/mol. The molecule has 0 saturated heterocycles. The van der Waals surface area contributed by atoms with E-state index >= 15 is 0 Å². The van der Waals surface area contributed by atoms with Crippen molar-refractivity contribution < 1.29 is 9.66 Å². The molecule has 2 rings (SSSR count). The fraction of sp³-hybridized carbons (Fsp3) is 0.125. The van der Waals surface area contributed by atoms with Crippen LogP contribution >= 0.6 is 0 Å². The number of hydrogen-bond acceptors (Lipinski definition) is 6. The normalized spacial score (nSPS) is 10.1. The van der Waals surface area contributed by atoms with E-state index in [2.05, 4.69) is 15.5 Å². The summed E-state index contributed by atoms with van der Waals surface area (Å²) in [6.07, 6.45) is 1.35. The van der Waals surface area contributed by atoms with Crippen molar-refractivity contribution in [2.75, 3.05) is 7.11 Å². The summed E-state index contributed by atoms with van der Waals surface area (Å²) in [5.41, 5.74) is 0.390. The maximum Gasteiger partial charge on any atom is 0.275 e. The first kappa shape index (κ1) is 10.0. The molecule has 0 spiro atoms. The SMILES string of the molecule is COc1cc(-n2cnnn2)cc([N+](=O)[O-])c1. The third kappa shape index (κ3) is 1.80. The van der Waals surface area contributed by atoms with Crippen molar-refractivity contribution in [1.29, 1.82) is 0 Å². The van der Waals surface area contributed by atoms with Gasteiger partial charge in [-0.05, 0) is 10.4 Å². The van der Waals surface area contributed by atoms with E-state index in [0.29, 0.717) is 11.4 Å². The highest BCUT2D eigenvalue weighted by Gasteiger charge is 2.11. The van der Waals surface area contributed by atoms with E-state index in [-0.39, 0.29) is 5.69 Å². The number of benzene rings is 1. The van der Waals surface area contributed by atoms with E-state index in [9.17, 15) is 10.1 Å². The van der Waals surface area contributed by atoms with E-state index < -0.39 is 4.92 Å². The zero-order valence-electron chi connectivity index (χ0n) is 8.27. The maximum atomic E-state index is 10.7. The molecule has 16 heavy (non-hydrogen) atoms. The van der Waals surface area contributed by atoms with Gasteiger partial charge in [0.1, 0.15) is 12.1 Å². The smallest absolute Gasteiger partial charge is 0.275 e. The third-order valence-electron chi connectivity index (χ3n) is 1.94. The molecule has 0 fully saturated rings. The van der Waals surface area contributed by atoms with Crippen molar-refractivity contribution in [3.05, 3.63) is 34.6 Å². The predicted molar refractivity (Wildman–Crippen MR) is 52.4 cm³/mol. The van der Waals surface area contributed by atoms with Crippen LogP contribution in [0.3, 0.4) is 0 Å². The molecule has 8 heteroatoms. The molecule has 0 bridgehead atoms. The highest BCUT2D eigenvalue weighted by Crippen LogP contribution is 2.24. The highest BCUT2D eigenvalue weighted by molar-refractivity contribution is 5.49. The summed E-state index contributed by atoms with van der Waals surface area (Å²) in [5, 5.41) is 21.2. The van der Waals surface area contributed by atoms with E-state index in [0.717, 1.165) is 0 Å². The Hall–Kier alpha value is -2.51. The Morgan fingerprint density at radius 2 is 2.25 bits per heavy atom. The summed E-state index contributed by atoms with van der Waals surface area (Å²) in [6, 6.07) is 4.29. The van der Waals surface area contributed by atoms with Crippen LogP contribution < -0.4 is 4.74 Å². The van der Waals surface area contributed by atoms with Crippen LogP contribution in [-0.2, 0) is 0 Å². The summed E-state index contributed by atoms with van der Waals surface area (Å²) in [4.78, 5) is 10.2. The second-order valence-electron chi connectivity index (χ2n) is 2.90. The Morgan fingerprint density at radius 1 is 1.44 bits per heavy atom. The minimum Gasteiger partial charge on any atom is -0.496 e. The lowest BCUT2D eigenvalue weighted by molar-refractivity contribution is -0.384. The summed E-state index contributed by atoms with van der Waals surface area (Å²) in [5.74, 6) is 0.375. The Balaban J connectivity index is 2.53. The van der Waals surface area contributed by atoms with Crippen LogP contribution in [0, 0.1) is 10.1 Å². The van der Waals surface area contributed by atoms with Crippen LogP contribution in [0.2, 0.25) is 0 Å². The van der Waals surface area contributed by atoms with E-state index in [1.54, 1.807) is 6.07 Å². The largest absolute Gasteiger partial charge is 0.496 e. The van der Waals surface area contributed by atoms with Crippen LogP contribution in [-0.4, -0.2) is 32.2 Å². The van der Waals surface area contributed by atoms with Gasteiger partial charge in [0.05, 0.1) is 23.8 Å². The number of nitro groups is 1. The molecular formula is C8H7N5O3. The Bertz CT molecular complexity index is 510. The van der Waals surface area contributed by atoms with Crippen molar-refractivity contribution in [3.63, 3.8) is 0 Å². The topological polar surface area (TPSA) is 96.0 Å². The van der Waals surface area contributed by atoms with Crippen molar-refractivity contribution in [2.45, 2.75) is 0 Å². The molecule has 0 amide bonds. The number of aromatic nitrogens is 4. The van der Waals surface area contributed by atoms with Crippen LogP contribution in [0.1, 0.15) is 0 Å². The summed E-state index contributed by atoms with van der Waals surface area (Å²) >= 11 is 0. The molecule has 1 aromatic heterocycles. The van der Waals surface area contributed by atoms with Gasteiger partial charge in [-0.3, -0.25) is 10.1 Å². The number of nitro benzene ring substituents is 1. The van der Waals surface area contributed by atoms with Crippen LogP contribution in [0.25, 0.3) is 5.69 Å². The fourth-order valence-corrected chi connectivity index (χ4v) is 1.20. The second kappa shape index (κ2) is 3.93. The molecule has 2 aromatic rings. The standard InChI is InChI=1S/C8H7N5O3/c1-16-8-3-6(12-5-9-10-11-12)2-7(4-8)13(14)15/h2-5H,1H3. The van der Waals surface area contributed by atoms with Gasteiger partial charge in [0, 0.05) is 12.1 Å². The maximum absolute atomic E-state index is 10.7. The van der Waals surface area contributed by atoms with E-state index in [1.807, 2.05) is 0 Å². The van der Waals surface area contributed by atoms with Crippen molar-refractivity contribution in [1.82, 2.24) is 20.2 Å². The number of ether oxygens (including phenoxy) is 1. The lowest BCUT2D eigenvalue weighted by Crippen LogP contribution is -1.98. The Labute approximate surface area is 89.6 Å². The zero-order valence-corrected chi connectivity index (χ0v) is 8.27. The molecule has 0 unspecified atom stereocenters. The van der Waals surface area contributed by atoms with Gasteiger partial charge in [0.25, 0.3) is 5.69 Å². The number of tetrazole rings is 1. The molecule has 82 valence electrons. The molecule has 0 saturated carbocycles. The number of methoxy groups -OCH3 is 1. The van der Waals surface area contributed by atoms with Gasteiger partial charge < -0.3 is 4.74 Å². The van der Waals surface area contributed by atoms with Crippen LogP contribution in [0.4, 0.5) is 5.69 Å². The van der Waals surface area contributed by atoms with Gasteiger partial charge in [-0.15, -0.1) is 5.10 Å². The van der Waals surface area contributed by atoms with Gasteiger partial charge in [0.15, 0.2) is 0 Å². The Morgan fingerprint density at radius 3 is 2.81 bits per heavy atom. The minimum atomic E-state index is -0.504. The van der Waals surface area contributed by atoms with Gasteiger partial charge in [-0.25, -0.2) is 4.68 Å². The number of rotatable bonds is 3. The second-order valence-corrected chi connectivity index (χ2v) is 2.90. The molecule has 0 radical (unpaired) electrons. The van der Waals surface area contributed by atoms with Crippen molar-refractivity contribution >= 4 is 5.69 Å². The number of hydrogen-bond donors (Lipinski definition) is 0. The molecule has 0 N–H and O–H groups in total. The monoisotopic (exact) mass is 221 g/mol. The first-order valence-corrected chi connectivity index (χ1v) is 4.27. The van der Waals surface area contributed by atoms with Gasteiger partial charge in [-0.1, -0.05) is 0 Å². The van der Waals surface area contributed by atoms with E-state index in [4.69, 9.17) is 4.74 Å². The fourth-order valence-electron chi connectivity index (χ4n) is 1.20. The van der Waals surface area contributed by atoms with Gasteiger partial charge in [0.2, 0.25) is 0 Å². The molecule has 1 aromatic carbocycles. The molecular weight excluding hydrogens is 214 g/mol. The van der Waals surface area contributed by atoms with Crippen molar-refractivity contribution in [2.24, 2.45) is 0 Å². The Kier molecular flexibility index (Phi) is 2.46. The van der Waals surface area contributed by atoms with Crippen LogP contribution in [0.15, 0.2) is 24.5 Å². The average Bonchev–Trinajstić information content (AvgIpc) is 2.81. The zero-order chi connectivity index (χ0) is 11.5. The molecule has 1 heterocycles. The predicted octanol–water partition coefficient (Wildman–Crippen LogP) is 0.579. The molecule has 0 aliphatic heterocycles. The first-order valence-electron chi connectivity index (χ1n) is 4.27. The quantitative estimate of drug-likeness (QED) is 0.555. The summed E-state index contributed by atoms with van der Waals surface area (Å²) < 4.78 is 6.27.